The van der Waals surface area contributed by atoms with Gasteiger partial charge < -0.3 is 5.32 Å². The minimum absolute atomic E-state index is 0.965. The predicted molar refractivity (Wildman–Crippen MR) is 69.8 cm³/mol. The van der Waals surface area contributed by atoms with Crippen molar-refractivity contribution in [1.82, 2.24) is 4.98 Å². The molecule has 1 aromatic heterocycles. The van der Waals surface area contributed by atoms with Crippen molar-refractivity contribution in [2.24, 2.45) is 0 Å². The molecule has 0 aliphatic rings. The van der Waals surface area contributed by atoms with Gasteiger partial charge in [-0.05, 0) is 35.9 Å². The second kappa shape index (κ2) is 5.56. The average molecular weight is 230 g/mol. The smallest absolute Gasteiger partial charge is 0.0338 e. The van der Waals surface area contributed by atoms with Crippen LogP contribution in [0.1, 0.15) is 5.56 Å². The molecule has 0 bridgehead atoms. The van der Waals surface area contributed by atoms with Crippen LogP contribution in [0.4, 0.5) is 5.69 Å². The monoisotopic (exact) mass is 230 g/mol. The standard InChI is InChI=1S/C13H14N2S/c1-14-12-4-6-13(7-5-12)16-10-11-3-2-8-15-9-11/h2-9,14H,10H2,1H3. The van der Waals surface area contributed by atoms with E-state index in [1.807, 2.05) is 31.1 Å². The molecule has 0 spiro atoms. The van der Waals surface area contributed by atoms with E-state index in [9.17, 15) is 0 Å². The van der Waals surface area contributed by atoms with Crippen LogP contribution in [0.2, 0.25) is 0 Å². The number of rotatable bonds is 4. The summed E-state index contributed by atoms with van der Waals surface area (Å²) < 4.78 is 0. The van der Waals surface area contributed by atoms with Gasteiger partial charge in [-0.1, -0.05) is 6.07 Å². The molecule has 2 nitrogen and oxygen atoms in total. The van der Waals surface area contributed by atoms with Crippen LogP contribution in [0.3, 0.4) is 0 Å². The minimum Gasteiger partial charge on any atom is -0.388 e. The minimum atomic E-state index is 0.965. The average Bonchev–Trinajstić information content (AvgIpc) is 2.38. The van der Waals surface area contributed by atoms with E-state index in [1.165, 1.54) is 10.5 Å². The lowest BCUT2D eigenvalue weighted by molar-refractivity contribution is 1.25. The van der Waals surface area contributed by atoms with Gasteiger partial charge in [0.15, 0.2) is 0 Å². The summed E-state index contributed by atoms with van der Waals surface area (Å²) in [7, 11) is 1.93. The summed E-state index contributed by atoms with van der Waals surface area (Å²) in [5, 5.41) is 3.11. The van der Waals surface area contributed by atoms with Crippen LogP contribution in [0.5, 0.6) is 0 Å². The topological polar surface area (TPSA) is 24.9 Å². The third kappa shape index (κ3) is 3.00. The van der Waals surface area contributed by atoms with Gasteiger partial charge in [0.1, 0.15) is 0 Å². The summed E-state index contributed by atoms with van der Waals surface area (Å²) in [6.45, 7) is 0. The Balaban J connectivity index is 1.94. The first-order chi connectivity index (χ1) is 7.88. The van der Waals surface area contributed by atoms with Crippen LogP contribution in [0.25, 0.3) is 0 Å². The van der Waals surface area contributed by atoms with Gasteiger partial charge in [-0.2, -0.15) is 0 Å². The molecular formula is C13H14N2S. The molecule has 0 aliphatic carbocycles. The van der Waals surface area contributed by atoms with Crippen molar-refractivity contribution in [2.45, 2.75) is 10.6 Å². The van der Waals surface area contributed by atoms with Gasteiger partial charge in [0, 0.05) is 35.8 Å². The maximum absolute atomic E-state index is 4.10. The number of hydrogen-bond acceptors (Lipinski definition) is 3. The Labute approximate surface area is 100 Å². The lowest BCUT2D eigenvalue weighted by Gasteiger charge is -2.03. The second-order valence-corrected chi connectivity index (χ2v) is 4.47. The Kier molecular flexibility index (Phi) is 3.83. The zero-order chi connectivity index (χ0) is 11.2. The van der Waals surface area contributed by atoms with E-state index >= 15 is 0 Å². The molecule has 0 fully saturated rings. The Hall–Kier alpha value is -1.48. The van der Waals surface area contributed by atoms with Crippen LogP contribution in [-0.4, -0.2) is 12.0 Å². The van der Waals surface area contributed by atoms with Crippen molar-refractivity contribution in [2.75, 3.05) is 12.4 Å². The zero-order valence-corrected chi connectivity index (χ0v) is 10.00. The second-order valence-electron chi connectivity index (χ2n) is 3.42. The molecule has 0 atom stereocenters. The number of aromatic nitrogens is 1. The maximum atomic E-state index is 4.10. The van der Waals surface area contributed by atoms with Crippen molar-refractivity contribution >= 4 is 17.4 Å². The van der Waals surface area contributed by atoms with Gasteiger partial charge in [-0.15, -0.1) is 11.8 Å². The molecule has 0 saturated carbocycles. The highest BCUT2D eigenvalue weighted by molar-refractivity contribution is 7.98. The van der Waals surface area contributed by atoms with E-state index in [-0.39, 0.29) is 0 Å². The lowest BCUT2D eigenvalue weighted by atomic mass is 10.3. The molecule has 1 aromatic carbocycles. The van der Waals surface area contributed by atoms with Crippen LogP contribution >= 0.6 is 11.8 Å². The van der Waals surface area contributed by atoms with Crippen molar-refractivity contribution in [3.8, 4) is 0 Å². The highest BCUT2D eigenvalue weighted by Crippen LogP contribution is 2.23. The van der Waals surface area contributed by atoms with E-state index in [1.54, 1.807) is 6.20 Å². The summed E-state index contributed by atoms with van der Waals surface area (Å²) in [5.74, 6) is 0.965. The molecule has 2 aromatic rings. The van der Waals surface area contributed by atoms with Gasteiger partial charge in [-0.25, -0.2) is 0 Å². The molecule has 1 heterocycles. The molecule has 3 heteroatoms. The van der Waals surface area contributed by atoms with E-state index < -0.39 is 0 Å². The highest BCUT2D eigenvalue weighted by atomic mass is 32.2. The summed E-state index contributed by atoms with van der Waals surface area (Å²) in [6, 6.07) is 12.5. The summed E-state index contributed by atoms with van der Waals surface area (Å²) >= 11 is 1.82. The van der Waals surface area contributed by atoms with Gasteiger partial charge in [0.2, 0.25) is 0 Å². The van der Waals surface area contributed by atoms with Gasteiger partial charge in [-0.3, -0.25) is 4.98 Å². The van der Waals surface area contributed by atoms with Crippen LogP contribution in [-0.2, 0) is 5.75 Å². The number of hydrogen-bond donors (Lipinski definition) is 1. The third-order valence-corrected chi connectivity index (χ3v) is 3.35. The fourth-order valence-corrected chi connectivity index (χ4v) is 2.20. The number of nitrogens with one attached hydrogen (secondary N) is 1. The summed E-state index contributed by atoms with van der Waals surface area (Å²) in [6.07, 6.45) is 3.71. The predicted octanol–water partition coefficient (Wildman–Crippen LogP) is 3.42. The van der Waals surface area contributed by atoms with Crippen LogP contribution in [0, 0.1) is 0 Å². The van der Waals surface area contributed by atoms with Crippen LogP contribution in [0.15, 0.2) is 53.7 Å². The molecule has 0 aliphatic heterocycles. The number of benzene rings is 1. The van der Waals surface area contributed by atoms with Crippen molar-refractivity contribution in [1.29, 1.82) is 0 Å². The summed E-state index contributed by atoms with van der Waals surface area (Å²) in [5.41, 5.74) is 2.40. The molecular weight excluding hydrogens is 216 g/mol. The van der Waals surface area contributed by atoms with E-state index in [0.29, 0.717) is 0 Å². The molecule has 0 saturated heterocycles. The van der Waals surface area contributed by atoms with Gasteiger partial charge in [0.25, 0.3) is 0 Å². The van der Waals surface area contributed by atoms with E-state index in [0.717, 1.165) is 11.4 Å². The van der Waals surface area contributed by atoms with E-state index in [4.69, 9.17) is 0 Å². The maximum Gasteiger partial charge on any atom is 0.0338 e. The first-order valence-electron chi connectivity index (χ1n) is 5.18. The van der Waals surface area contributed by atoms with Crippen molar-refractivity contribution < 1.29 is 0 Å². The molecule has 1 N–H and O–H groups in total. The van der Waals surface area contributed by atoms with E-state index in [2.05, 4.69) is 40.6 Å². The van der Waals surface area contributed by atoms with Gasteiger partial charge in [0.05, 0.1) is 0 Å². The third-order valence-electron chi connectivity index (χ3n) is 2.27. The van der Waals surface area contributed by atoms with Crippen LogP contribution < -0.4 is 5.32 Å². The Morgan fingerprint density at radius 2 is 2.00 bits per heavy atom. The normalized spacial score (nSPS) is 10.1. The summed E-state index contributed by atoms with van der Waals surface area (Å²) in [4.78, 5) is 5.38. The fraction of sp³-hybridized carbons (Fsp3) is 0.154. The molecule has 16 heavy (non-hydrogen) atoms. The Bertz CT molecular complexity index is 425. The number of anilines is 1. The zero-order valence-electron chi connectivity index (χ0n) is 9.18. The first kappa shape index (κ1) is 11.0. The van der Waals surface area contributed by atoms with Crippen molar-refractivity contribution in [3.05, 3.63) is 54.4 Å². The quantitative estimate of drug-likeness (QED) is 0.815. The SMILES string of the molecule is CNc1ccc(SCc2cccnc2)cc1. The Morgan fingerprint density at radius 1 is 1.19 bits per heavy atom. The number of thioether (sulfide) groups is 1. The number of pyridine rings is 1. The molecule has 0 unspecified atom stereocenters. The molecule has 2 rings (SSSR count). The first-order valence-corrected chi connectivity index (χ1v) is 6.16. The fourth-order valence-electron chi connectivity index (χ4n) is 1.37. The number of nitrogens with zero attached hydrogens (tertiary/aromatic N) is 1. The van der Waals surface area contributed by atoms with Crippen molar-refractivity contribution in [3.63, 3.8) is 0 Å². The Morgan fingerprint density at radius 3 is 2.62 bits per heavy atom. The molecule has 82 valence electrons. The van der Waals surface area contributed by atoms with Gasteiger partial charge >= 0.3 is 0 Å². The highest BCUT2D eigenvalue weighted by Gasteiger charge is 1.96. The molecule has 0 amide bonds. The largest absolute Gasteiger partial charge is 0.388 e. The molecule has 0 radical (unpaired) electrons. The lowest BCUT2D eigenvalue weighted by Crippen LogP contribution is -1.86.